The molecule has 0 radical (unpaired) electrons. The first kappa shape index (κ1) is 22.2. The standard InChI is InChI=1S/C21H32FN3O3S/c1-16-6-3-4-7-20(16)23-21(26)17(2)24-12-5-13-25(15-14-24)29(27,28)19-10-8-18(22)9-11-19/h8-11,16-17,20H,3-7,12-15H2,1-2H3,(H,23,26). The van der Waals surface area contributed by atoms with Crippen molar-refractivity contribution < 1.29 is 17.6 Å². The fourth-order valence-electron chi connectivity index (χ4n) is 4.30. The quantitative estimate of drug-likeness (QED) is 0.787. The lowest BCUT2D eigenvalue weighted by Gasteiger charge is -2.33. The molecule has 1 saturated heterocycles. The van der Waals surface area contributed by atoms with Crippen LogP contribution in [-0.4, -0.2) is 61.8 Å². The van der Waals surface area contributed by atoms with Gasteiger partial charge < -0.3 is 5.32 Å². The van der Waals surface area contributed by atoms with Gasteiger partial charge in [-0.1, -0.05) is 19.8 Å². The molecule has 1 heterocycles. The summed E-state index contributed by atoms with van der Waals surface area (Å²) in [6, 6.07) is 4.87. The van der Waals surface area contributed by atoms with Crippen LogP contribution in [0.3, 0.4) is 0 Å². The first-order valence-electron chi connectivity index (χ1n) is 10.6. The summed E-state index contributed by atoms with van der Waals surface area (Å²) in [5.74, 6) is 0.0667. The molecular weight excluding hydrogens is 393 g/mol. The van der Waals surface area contributed by atoms with Gasteiger partial charge in [0.2, 0.25) is 15.9 Å². The largest absolute Gasteiger partial charge is 0.352 e. The van der Waals surface area contributed by atoms with Gasteiger partial charge in [-0.3, -0.25) is 9.69 Å². The van der Waals surface area contributed by atoms with Crippen LogP contribution in [0.15, 0.2) is 29.2 Å². The van der Waals surface area contributed by atoms with E-state index in [2.05, 4.69) is 17.1 Å². The SMILES string of the molecule is CC1CCCCC1NC(=O)C(C)N1CCCN(S(=O)(=O)c2ccc(F)cc2)CC1. The highest BCUT2D eigenvalue weighted by molar-refractivity contribution is 7.89. The Hall–Kier alpha value is -1.51. The van der Waals surface area contributed by atoms with E-state index in [1.807, 2.05) is 6.92 Å². The van der Waals surface area contributed by atoms with Gasteiger partial charge in [-0.25, -0.2) is 12.8 Å². The van der Waals surface area contributed by atoms with Gasteiger partial charge in [-0.15, -0.1) is 0 Å². The summed E-state index contributed by atoms with van der Waals surface area (Å²) in [5.41, 5.74) is 0. The Kier molecular flexibility index (Phi) is 7.29. The second-order valence-corrected chi connectivity index (χ2v) is 10.2. The van der Waals surface area contributed by atoms with E-state index in [1.165, 1.54) is 22.9 Å². The van der Waals surface area contributed by atoms with Crippen LogP contribution >= 0.6 is 0 Å². The molecule has 0 bridgehead atoms. The van der Waals surface area contributed by atoms with Crippen molar-refractivity contribution in [3.63, 3.8) is 0 Å². The van der Waals surface area contributed by atoms with Gasteiger partial charge >= 0.3 is 0 Å². The number of rotatable bonds is 5. The number of amides is 1. The molecule has 8 heteroatoms. The third-order valence-electron chi connectivity index (χ3n) is 6.31. The van der Waals surface area contributed by atoms with Crippen LogP contribution in [-0.2, 0) is 14.8 Å². The Morgan fingerprint density at radius 2 is 1.76 bits per heavy atom. The zero-order chi connectivity index (χ0) is 21.0. The van der Waals surface area contributed by atoms with E-state index in [0.29, 0.717) is 38.5 Å². The number of nitrogens with one attached hydrogen (secondary N) is 1. The molecule has 162 valence electrons. The van der Waals surface area contributed by atoms with Gasteiger partial charge in [0.1, 0.15) is 5.82 Å². The Morgan fingerprint density at radius 3 is 2.45 bits per heavy atom. The number of carbonyl (C=O) groups is 1. The van der Waals surface area contributed by atoms with Crippen molar-refractivity contribution in [2.24, 2.45) is 5.92 Å². The molecule has 3 atom stereocenters. The minimum Gasteiger partial charge on any atom is -0.352 e. The summed E-state index contributed by atoms with van der Waals surface area (Å²) in [7, 11) is -3.66. The van der Waals surface area contributed by atoms with Crippen molar-refractivity contribution >= 4 is 15.9 Å². The molecule has 1 N–H and O–H groups in total. The number of nitrogens with zero attached hydrogens (tertiary/aromatic N) is 2. The van der Waals surface area contributed by atoms with Gasteiger partial charge in [0, 0.05) is 32.2 Å². The summed E-state index contributed by atoms with van der Waals surface area (Å²) in [4.78, 5) is 14.9. The molecule has 1 amide bonds. The molecule has 0 aromatic heterocycles. The molecule has 29 heavy (non-hydrogen) atoms. The highest BCUT2D eigenvalue weighted by atomic mass is 32.2. The molecule has 3 unspecified atom stereocenters. The summed E-state index contributed by atoms with van der Waals surface area (Å²) in [6.07, 6.45) is 5.22. The minimum atomic E-state index is -3.66. The monoisotopic (exact) mass is 425 g/mol. The van der Waals surface area contributed by atoms with Gasteiger partial charge in [0.05, 0.1) is 10.9 Å². The number of halogens is 1. The highest BCUT2D eigenvalue weighted by Gasteiger charge is 2.31. The van der Waals surface area contributed by atoms with Crippen LogP contribution in [0.4, 0.5) is 4.39 Å². The van der Waals surface area contributed by atoms with E-state index in [0.717, 1.165) is 31.4 Å². The Balaban J connectivity index is 1.60. The lowest BCUT2D eigenvalue weighted by Crippen LogP contribution is -2.51. The number of carbonyl (C=O) groups excluding carboxylic acids is 1. The predicted octanol–water partition coefficient (Wildman–Crippen LogP) is 2.61. The maximum atomic E-state index is 13.1. The smallest absolute Gasteiger partial charge is 0.243 e. The molecule has 2 fully saturated rings. The number of sulfonamides is 1. The van der Waals surface area contributed by atoms with Gasteiger partial charge in [0.15, 0.2) is 0 Å². The second-order valence-electron chi connectivity index (χ2n) is 8.30. The van der Waals surface area contributed by atoms with Gasteiger partial charge in [-0.2, -0.15) is 4.31 Å². The average molecular weight is 426 g/mol. The first-order valence-corrected chi connectivity index (χ1v) is 12.0. The van der Waals surface area contributed by atoms with Crippen LogP contribution in [0.5, 0.6) is 0 Å². The summed E-state index contributed by atoms with van der Waals surface area (Å²) >= 11 is 0. The van der Waals surface area contributed by atoms with Crippen molar-refractivity contribution in [1.29, 1.82) is 0 Å². The van der Waals surface area contributed by atoms with Crippen molar-refractivity contribution in [2.75, 3.05) is 26.2 Å². The van der Waals surface area contributed by atoms with E-state index in [9.17, 15) is 17.6 Å². The van der Waals surface area contributed by atoms with E-state index < -0.39 is 15.8 Å². The third kappa shape index (κ3) is 5.35. The van der Waals surface area contributed by atoms with Crippen LogP contribution in [0.2, 0.25) is 0 Å². The van der Waals surface area contributed by atoms with Crippen LogP contribution in [0.1, 0.15) is 46.0 Å². The van der Waals surface area contributed by atoms with Crippen LogP contribution < -0.4 is 5.32 Å². The van der Waals surface area contributed by atoms with Crippen molar-refractivity contribution in [3.05, 3.63) is 30.1 Å². The molecular formula is C21H32FN3O3S. The van der Waals surface area contributed by atoms with Crippen molar-refractivity contribution in [1.82, 2.24) is 14.5 Å². The maximum absolute atomic E-state index is 13.1. The van der Waals surface area contributed by atoms with E-state index in [4.69, 9.17) is 0 Å². The zero-order valence-corrected chi connectivity index (χ0v) is 18.1. The molecule has 1 aromatic carbocycles. The summed E-state index contributed by atoms with van der Waals surface area (Å²) in [5, 5.41) is 3.21. The number of hydrogen-bond acceptors (Lipinski definition) is 4. The van der Waals surface area contributed by atoms with Gasteiger partial charge in [0.25, 0.3) is 0 Å². The van der Waals surface area contributed by atoms with Gasteiger partial charge in [-0.05, 0) is 56.4 Å². The van der Waals surface area contributed by atoms with E-state index >= 15 is 0 Å². The highest BCUT2D eigenvalue weighted by Crippen LogP contribution is 2.24. The zero-order valence-electron chi connectivity index (χ0n) is 17.3. The van der Waals surface area contributed by atoms with Crippen LogP contribution in [0.25, 0.3) is 0 Å². The molecule has 1 aliphatic heterocycles. The Labute approximate surface area is 173 Å². The van der Waals surface area contributed by atoms with E-state index in [-0.39, 0.29) is 22.9 Å². The topological polar surface area (TPSA) is 69.7 Å². The van der Waals surface area contributed by atoms with Crippen molar-refractivity contribution in [2.45, 2.75) is 62.9 Å². The minimum absolute atomic E-state index is 0.0265. The van der Waals surface area contributed by atoms with Crippen molar-refractivity contribution in [3.8, 4) is 0 Å². The molecule has 1 saturated carbocycles. The first-order chi connectivity index (χ1) is 13.8. The lowest BCUT2D eigenvalue weighted by atomic mass is 9.86. The molecule has 2 aliphatic rings. The summed E-state index contributed by atoms with van der Waals surface area (Å²) in [6.45, 7) is 5.96. The fraction of sp³-hybridized carbons (Fsp3) is 0.667. The third-order valence-corrected chi connectivity index (χ3v) is 8.22. The predicted molar refractivity (Wildman–Crippen MR) is 110 cm³/mol. The average Bonchev–Trinajstić information content (AvgIpc) is 2.96. The maximum Gasteiger partial charge on any atom is 0.243 e. The molecule has 3 rings (SSSR count). The lowest BCUT2D eigenvalue weighted by molar-refractivity contribution is -0.127. The van der Waals surface area contributed by atoms with E-state index in [1.54, 1.807) is 0 Å². The van der Waals surface area contributed by atoms with Crippen LogP contribution in [0, 0.1) is 11.7 Å². The molecule has 6 nitrogen and oxygen atoms in total. The number of benzene rings is 1. The summed E-state index contributed by atoms with van der Waals surface area (Å²) < 4.78 is 40.3. The fourth-order valence-corrected chi connectivity index (χ4v) is 5.77. The normalized spacial score (nSPS) is 25.9. The molecule has 1 aliphatic carbocycles. The molecule has 0 spiro atoms. The Morgan fingerprint density at radius 1 is 1.07 bits per heavy atom. The Bertz CT molecular complexity index is 800. The molecule has 1 aromatic rings. The number of hydrogen-bond donors (Lipinski definition) is 1. The second kappa shape index (κ2) is 9.53.